The van der Waals surface area contributed by atoms with E-state index in [1.807, 2.05) is 39.0 Å². The first-order chi connectivity index (χ1) is 28.6. The van der Waals surface area contributed by atoms with Crippen LogP contribution in [-0.4, -0.2) is 23.6 Å². The lowest BCUT2D eigenvalue weighted by Gasteiger charge is -2.48. The van der Waals surface area contributed by atoms with E-state index in [2.05, 4.69) is 84.9 Å². The van der Waals surface area contributed by atoms with E-state index < -0.39 is 35.4 Å². The van der Waals surface area contributed by atoms with E-state index in [9.17, 15) is 14.4 Å². The molecule has 302 valence electrons. The molecule has 6 atom stereocenters. The van der Waals surface area contributed by atoms with Crippen LogP contribution in [-0.2, 0) is 31.9 Å². The molecule has 6 unspecified atom stereocenters. The van der Waals surface area contributed by atoms with Crippen LogP contribution in [0.5, 0.6) is 5.75 Å². The van der Waals surface area contributed by atoms with Gasteiger partial charge in [-0.05, 0) is 111 Å². The summed E-state index contributed by atoms with van der Waals surface area (Å²) in [6, 6.07) is 34.7. The fraction of sp³-hybridized carbons (Fsp3) is 0.365. The van der Waals surface area contributed by atoms with Gasteiger partial charge in [0.15, 0.2) is 12.2 Å². The van der Waals surface area contributed by atoms with Crippen LogP contribution in [0.15, 0.2) is 136 Å². The number of allylic oxidation sites excluding steroid dienone is 3. The highest BCUT2D eigenvalue weighted by Crippen LogP contribution is 2.52. The molecule has 0 radical (unpaired) electrons. The van der Waals surface area contributed by atoms with Gasteiger partial charge in [-0.1, -0.05) is 109 Å². The van der Waals surface area contributed by atoms with Gasteiger partial charge in [-0.2, -0.15) is 0 Å². The maximum absolute atomic E-state index is 14.8. The molecule has 1 saturated carbocycles. The molecule has 7 heteroatoms. The van der Waals surface area contributed by atoms with Gasteiger partial charge < -0.3 is 18.6 Å². The Hall–Kier alpha value is -5.69. The Morgan fingerprint density at radius 2 is 1.53 bits per heavy atom. The van der Waals surface area contributed by atoms with Crippen LogP contribution in [0.1, 0.15) is 117 Å². The molecule has 10 rings (SSSR count). The number of carbonyl (C=O) groups excluding carboxylic acids is 2. The zero-order valence-electron chi connectivity index (χ0n) is 34.2. The Bertz CT molecular complexity index is 2480. The standard InChI is InChI=1S/C52H52O7/c1-32(2)42-24-18-33-16-19-36(20-17-33)43-25-21-39(38-13-9-12-35(29-38)28-34-10-5-4-6-11-34)30-40(43)31-46(54)57-49-47-44(26-22-37-23-27-45(53)56-48(37)47)59-52(3,41-14-7-8-15-41)50(49)58-51(42)55/h4-6,9-13,16-17,19-23,25-27,29,39-41,43,49-50H,7-8,14-15,18,24,28,30-31H2,1-3H3. The van der Waals surface area contributed by atoms with Crippen molar-refractivity contribution in [2.24, 2.45) is 11.8 Å². The average Bonchev–Trinajstić information content (AvgIpc) is 3.79. The molecular weight excluding hydrogens is 737 g/mol. The van der Waals surface area contributed by atoms with Crippen molar-refractivity contribution >= 4 is 22.9 Å². The summed E-state index contributed by atoms with van der Waals surface area (Å²) < 4.78 is 26.3. The van der Waals surface area contributed by atoms with Crippen LogP contribution in [0.25, 0.3) is 11.0 Å². The van der Waals surface area contributed by atoms with Gasteiger partial charge in [0, 0.05) is 41.2 Å². The molecule has 7 nitrogen and oxygen atoms in total. The second-order valence-corrected chi connectivity index (χ2v) is 17.5. The Morgan fingerprint density at radius 3 is 2.31 bits per heavy atom. The topological polar surface area (TPSA) is 92.0 Å². The van der Waals surface area contributed by atoms with Crippen molar-refractivity contribution in [1.29, 1.82) is 0 Å². The number of hydrogen-bond donors (Lipinski definition) is 0. The molecular formula is C52H52O7. The molecule has 4 aromatic carbocycles. The highest BCUT2D eigenvalue weighted by Gasteiger charge is 2.57. The molecule has 0 N–H and O–H groups in total. The van der Waals surface area contributed by atoms with Crippen LogP contribution in [0.2, 0.25) is 0 Å². The lowest BCUT2D eigenvalue weighted by Crippen LogP contribution is -2.58. The molecule has 1 fully saturated rings. The molecule has 0 spiro atoms. The minimum absolute atomic E-state index is 0.0141. The summed E-state index contributed by atoms with van der Waals surface area (Å²) >= 11 is 0. The zero-order valence-corrected chi connectivity index (χ0v) is 34.2. The number of hydrogen-bond acceptors (Lipinski definition) is 7. The summed E-state index contributed by atoms with van der Waals surface area (Å²) in [6.07, 6.45) is 9.22. The summed E-state index contributed by atoms with van der Waals surface area (Å²) in [5.74, 6) is -0.338. The van der Waals surface area contributed by atoms with Crippen LogP contribution < -0.4 is 10.4 Å². The third-order valence-electron chi connectivity index (χ3n) is 13.5. The van der Waals surface area contributed by atoms with Gasteiger partial charge in [0.1, 0.15) is 16.9 Å². The largest absolute Gasteiger partial charge is 0.483 e. The molecule has 1 aromatic heterocycles. The van der Waals surface area contributed by atoms with Crippen molar-refractivity contribution in [2.75, 3.05) is 0 Å². The SMILES string of the molecule is CC(C)=C1CCc2ccc(cc2)C2C=CC(c3cccc(Cc4ccccc4)c3)CC2CC(=O)OC2c3c(ccc4ccc(=O)oc34)OC(C)(C3CCCC3)C2OC1=O. The normalized spacial score (nSPS) is 26.0. The van der Waals surface area contributed by atoms with E-state index in [0.29, 0.717) is 35.1 Å². The van der Waals surface area contributed by atoms with Crippen LogP contribution >= 0.6 is 0 Å². The Labute approximate surface area is 346 Å². The van der Waals surface area contributed by atoms with Gasteiger partial charge in [-0.25, -0.2) is 9.59 Å². The van der Waals surface area contributed by atoms with E-state index >= 15 is 0 Å². The number of ether oxygens (including phenoxy) is 3. The van der Waals surface area contributed by atoms with Crippen LogP contribution in [0.3, 0.4) is 0 Å². The summed E-state index contributed by atoms with van der Waals surface area (Å²) in [4.78, 5) is 42.1. The van der Waals surface area contributed by atoms with Crippen molar-refractivity contribution in [3.8, 4) is 5.75 Å². The maximum atomic E-state index is 14.8. The predicted octanol–water partition coefficient (Wildman–Crippen LogP) is 11.0. The van der Waals surface area contributed by atoms with Gasteiger partial charge >= 0.3 is 17.6 Å². The molecule has 5 aliphatic rings. The minimum atomic E-state index is -1.08. The Morgan fingerprint density at radius 1 is 0.763 bits per heavy atom. The average molecular weight is 789 g/mol. The second kappa shape index (κ2) is 16.2. The van der Waals surface area contributed by atoms with E-state index in [-0.39, 0.29) is 35.7 Å². The van der Waals surface area contributed by atoms with Crippen molar-refractivity contribution in [1.82, 2.24) is 0 Å². The summed E-state index contributed by atoms with van der Waals surface area (Å²) in [5, 5.41) is 0.660. The third kappa shape index (κ3) is 7.80. The van der Waals surface area contributed by atoms with Crippen molar-refractivity contribution in [3.05, 3.63) is 170 Å². The van der Waals surface area contributed by atoms with Crippen LogP contribution in [0.4, 0.5) is 0 Å². The number of benzene rings is 4. The number of fused-ring (bicyclic) bond motifs is 11. The fourth-order valence-corrected chi connectivity index (χ4v) is 10.2. The number of aryl methyl sites for hydroxylation is 1. The molecule has 5 aromatic rings. The first-order valence-corrected chi connectivity index (χ1v) is 21.4. The molecule has 0 saturated heterocycles. The highest BCUT2D eigenvalue weighted by molar-refractivity contribution is 5.90. The number of carbonyl (C=O) groups is 2. The number of rotatable bonds is 4. The van der Waals surface area contributed by atoms with E-state index in [1.165, 1.54) is 22.8 Å². The molecule has 0 amide bonds. The lowest BCUT2D eigenvalue weighted by atomic mass is 9.72. The first-order valence-electron chi connectivity index (χ1n) is 21.4. The second-order valence-electron chi connectivity index (χ2n) is 17.5. The molecule has 2 aliphatic carbocycles. The molecule has 3 aliphatic heterocycles. The lowest BCUT2D eigenvalue weighted by molar-refractivity contribution is -0.199. The Kier molecular flexibility index (Phi) is 10.6. The van der Waals surface area contributed by atoms with E-state index in [1.54, 1.807) is 6.07 Å². The van der Waals surface area contributed by atoms with E-state index in [0.717, 1.165) is 55.2 Å². The van der Waals surface area contributed by atoms with Crippen molar-refractivity contribution in [2.45, 2.75) is 108 Å². The monoisotopic (exact) mass is 788 g/mol. The number of esters is 2. The quantitative estimate of drug-likeness (QED) is 0.0775. The molecule has 2 bridgehead atoms. The maximum Gasteiger partial charge on any atom is 0.336 e. The van der Waals surface area contributed by atoms with Crippen molar-refractivity contribution in [3.63, 3.8) is 0 Å². The Balaban J connectivity index is 1.13. The first kappa shape index (κ1) is 38.8. The smallest absolute Gasteiger partial charge is 0.336 e. The highest BCUT2D eigenvalue weighted by atomic mass is 16.6. The zero-order chi connectivity index (χ0) is 40.7. The molecule has 4 heterocycles. The van der Waals surface area contributed by atoms with Gasteiger partial charge in [0.2, 0.25) is 0 Å². The summed E-state index contributed by atoms with van der Waals surface area (Å²) in [7, 11) is 0. The summed E-state index contributed by atoms with van der Waals surface area (Å²) in [6.45, 7) is 5.86. The third-order valence-corrected chi connectivity index (χ3v) is 13.5. The fourth-order valence-electron chi connectivity index (χ4n) is 10.2. The summed E-state index contributed by atoms with van der Waals surface area (Å²) in [5.41, 5.74) is 6.59. The van der Waals surface area contributed by atoms with Gasteiger partial charge in [0.05, 0.1) is 5.56 Å². The molecule has 59 heavy (non-hydrogen) atoms. The van der Waals surface area contributed by atoms with E-state index in [4.69, 9.17) is 18.6 Å². The predicted molar refractivity (Wildman–Crippen MR) is 228 cm³/mol. The van der Waals surface area contributed by atoms with Gasteiger partial charge in [-0.3, -0.25) is 4.79 Å². The van der Waals surface area contributed by atoms with Gasteiger partial charge in [-0.15, -0.1) is 0 Å². The minimum Gasteiger partial charge on any atom is -0.483 e. The van der Waals surface area contributed by atoms with Gasteiger partial charge in [0.25, 0.3) is 0 Å². The van der Waals surface area contributed by atoms with Crippen molar-refractivity contribution < 1.29 is 28.2 Å². The van der Waals surface area contributed by atoms with Crippen LogP contribution in [0, 0.1) is 11.8 Å².